The Kier molecular flexibility index (Phi) is 6.72. The molecular formula is C23H27N7O3. The van der Waals surface area contributed by atoms with E-state index >= 15 is 0 Å². The number of piperazine rings is 1. The lowest BCUT2D eigenvalue weighted by Crippen LogP contribution is -2.50. The average Bonchev–Trinajstić information content (AvgIpc) is 2.85. The number of urea groups is 1. The number of nitrogens with zero attached hydrogens (tertiary/aromatic N) is 5. The predicted octanol–water partition coefficient (Wildman–Crippen LogP) is 3.29. The molecule has 2 N–H and O–H groups in total. The minimum atomic E-state index is -0.166. The Labute approximate surface area is 192 Å². The SMILES string of the molecule is COc1cc(NC(=O)N2CCN(c3ccc(Nc4ccc(C)cn4)nn3)CC2)cc(OC)c1. The minimum Gasteiger partial charge on any atom is -0.497 e. The third-order valence-electron chi connectivity index (χ3n) is 5.31. The number of aromatic nitrogens is 3. The maximum Gasteiger partial charge on any atom is 0.321 e. The molecule has 10 nitrogen and oxygen atoms in total. The molecule has 0 unspecified atom stereocenters. The van der Waals surface area contributed by atoms with E-state index in [0.717, 1.165) is 17.2 Å². The molecule has 1 fully saturated rings. The second-order valence-corrected chi connectivity index (χ2v) is 7.63. The van der Waals surface area contributed by atoms with Crippen molar-refractivity contribution in [1.82, 2.24) is 20.1 Å². The zero-order valence-corrected chi connectivity index (χ0v) is 18.9. The van der Waals surface area contributed by atoms with Crippen molar-refractivity contribution >= 4 is 29.2 Å². The van der Waals surface area contributed by atoms with Crippen LogP contribution in [-0.4, -0.2) is 66.5 Å². The first-order valence-corrected chi connectivity index (χ1v) is 10.6. The molecule has 1 aromatic carbocycles. The van der Waals surface area contributed by atoms with Gasteiger partial charge < -0.3 is 29.9 Å². The highest BCUT2D eigenvalue weighted by atomic mass is 16.5. The topological polar surface area (TPSA) is 105 Å². The Bertz CT molecular complexity index is 1060. The zero-order chi connectivity index (χ0) is 23.2. The number of rotatable bonds is 6. The normalized spacial score (nSPS) is 13.4. The lowest BCUT2D eigenvalue weighted by Gasteiger charge is -2.35. The van der Waals surface area contributed by atoms with E-state index in [1.807, 2.05) is 31.2 Å². The summed E-state index contributed by atoms with van der Waals surface area (Å²) in [4.78, 5) is 20.9. The number of anilines is 4. The van der Waals surface area contributed by atoms with Crippen molar-refractivity contribution in [3.05, 3.63) is 54.2 Å². The van der Waals surface area contributed by atoms with Gasteiger partial charge in [-0.15, -0.1) is 10.2 Å². The number of nitrogens with one attached hydrogen (secondary N) is 2. The van der Waals surface area contributed by atoms with E-state index < -0.39 is 0 Å². The fraction of sp³-hybridized carbons (Fsp3) is 0.304. The van der Waals surface area contributed by atoms with E-state index in [1.165, 1.54) is 0 Å². The van der Waals surface area contributed by atoms with Gasteiger partial charge in [-0.1, -0.05) is 6.07 Å². The zero-order valence-electron chi connectivity index (χ0n) is 18.9. The molecule has 1 saturated heterocycles. The van der Waals surface area contributed by atoms with Crippen molar-refractivity contribution in [2.24, 2.45) is 0 Å². The van der Waals surface area contributed by atoms with E-state index in [9.17, 15) is 4.79 Å². The van der Waals surface area contributed by atoms with Crippen molar-refractivity contribution in [3.8, 4) is 11.5 Å². The summed E-state index contributed by atoms with van der Waals surface area (Å²) >= 11 is 0. The molecule has 0 spiro atoms. The summed E-state index contributed by atoms with van der Waals surface area (Å²) in [6.07, 6.45) is 1.80. The van der Waals surface area contributed by atoms with Crippen LogP contribution in [0, 0.1) is 6.92 Å². The quantitative estimate of drug-likeness (QED) is 0.591. The summed E-state index contributed by atoms with van der Waals surface area (Å²) in [6, 6.07) is 12.8. The molecule has 0 saturated carbocycles. The molecule has 2 aromatic heterocycles. The van der Waals surface area contributed by atoms with Crippen molar-refractivity contribution < 1.29 is 14.3 Å². The Morgan fingerprint density at radius 3 is 2.18 bits per heavy atom. The molecule has 3 aromatic rings. The van der Waals surface area contributed by atoms with E-state index in [-0.39, 0.29) is 6.03 Å². The van der Waals surface area contributed by atoms with Crippen LogP contribution in [0.5, 0.6) is 11.5 Å². The second-order valence-electron chi connectivity index (χ2n) is 7.63. The molecule has 3 heterocycles. The van der Waals surface area contributed by atoms with E-state index in [1.54, 1.807) is 43.5 Å². The largest absolute Gasteiger partial charge is 0.497 e. The van der Waals surface area contributed by atoms with Gasteiger partial charge in [0.15, 0.2) is 11.6 Å². The molecule has 1 aliphatic rings. The standard InChI is InChI=1S/C23H27N7O3/c1-16-4-5-20(24-15-16)26-21-6-7-22(28-27-21)29-8-10-30(11-9-29)23(31)25-17-12-18(32-2)14-19(13-17)33-3/h4-7,12-15H,8-11H2,1-3H3,(H,25,31)(H,24,26,27). The summed E-state index contributed by atoms with van der Waals surface area (Å²) in [6.45, 7) is 4.46. The van der Waals surface area contributed by atoms with Gasteiger partial charge >= 0.3 is 6.03 Å². The molecule has 1 aliphatic heterocycles. The second kappa shape index (κ2) is 10.0. The van der Waals surface area contributed by atoms with Gasteiger partial charge in [-0.2, -0.15) is 0 Å². The van der Waals surface area contributed by atoms with Crippen LogP contribution in [0.2, 0.25) is 0 Å². The molecule has 2 amide bonds. The van der Waals surface area contributed by atoms with Crippen LogP contribution in [0.4, 0.5) is 27.9 Å². The maximum absolute atomic E-state index is 12.7. The number of methoxy groups -OCH3 is 2. The summed E-state index contributed by atoms with van der Waals surface area (Å²) < 4.78 is 10.5. The maximum atomic E-state index is 12.7. The molecule has 0 bridgehead atoms. The summed E-state index contributed by atoms with van der Waals surface area (Å²) in [5.74, 6) is 3.35. The first-order valence-electron chi connectivity index (χ1n) is 10.6. The smallest absolute Gasteiger partial charge is 0.321 e. The fourth-order valence-electron chi connectivity index (χ4n) is 3.45. The monoisotopic (exact) mass is 449 g/mol. The van der Waals surface area contributed by atoms with Gasteiger partial charge in [0, 0.05) is 56.3 Å². The van der Waals surface area contributed by atoms with Crippen LogP contribution in [0.1, 0.15) is 5.56 Å². The first-order chi connectivity index (χ1) is 16.0. The van der Waals surface area contributed by atoms with Gasteiger partial charge in [0.25, 0.3) is 0 Å². The Balaban J connectivity index is 1.31. The van der Waals surface area contributed by atoms with Gasteiger partial charge in [-0.3, -0.25) is 0 Å². The molecule has 0 radical (unpaired) electrons. The number of benzene rings is 1. The number of ether oxygens (including phenoxy) is 2. The highest BCUT2D eigenvalue weighted by molar-refractivity contribution is 5.90. The number of hydrogen-bond acceptors (Lipinski definition) is 8. The van der Waals surface area contributed by atoms with Crippen LogP contribution >= 0.6 is 0 Å². The third-order valence-corrected chi connectivity index (χ3v) is 5.31. The van der Waals surface area contributed by atoms with Gasteiger partial charge in [0.2, 0.25) is 0 Å². The van der Waals surface area contributed by atoms with Crippen LogP contribution in [0.15, 0.2) is 48.7 Å². The van der Waals surface area contributed by atoms with E-state index in [0.29, 0.717) is 49.2 Å². The fourth-order valence-corrected chi connectivity index (χ4v) is 3.45. The van der Waals surface area contributed by atoms with Crippen LogP contribution in [0.3, 0.4) is 0 Å². The van der Waals surface area contributed by atoms with Crippen molar-refractivity contribution in [2.75, 3.05) is 55.9 Å². The summed E-state index contributed by atoms with van der Waals surface area (Å²) in [5.41, 5.74) is 1.72. The van der Waals surface area contributed by atoms with Crippen LogP contribution < -0.4 is 25.0 Å². The Morgan fingerprint density at radius 2 is 1.61 bits per heavy atom. The lowest BCUT2D eigenvalue weighted by atomic mass is 10.2. The predicted molar refractivity (Wildman–Crippen MR) is 127 cm³/mol. The lowest BCUT2D eigenvalue weighted by molar-refractivity contribution is 0.208. The number of pyridine rings is 1. The number of carbonyl (C=O) groups is 1. The van der Waals surface area contributed by atoms with Gasteiger partial charge in [0.05, 0.1) is 14.2 Å². The first kappa shape index (κ1) is 22.1. The van der Waals surface area contributed by atoms with Crippen molar-refractivity contribution in [2.45, 2.75) is 6.92 Å². The summed E-state index contributed by atoms with van der Waals surface area (Å²) in [7, 11) is 3.15. The molecule has 4 rings (SSSR count). The number of hydrogen-bond donors (Lipinski definition) is 2. The van der Waals surface area contributed by atoms with E-state index in [2.05, 4.69) is 30.7 Å². The minimum absolute atomic E-state index is 0.166. The number of amides is 2. The number of carbonyl (C=O) groups excluding carboxylic acids is 1. The molecule has 33 heavy (non-hydrogen) atoms. The number of aryl methyl sites for hydroxylation is 1. The summed E-state index contributed by atoms with van der Waals surface area (Å²) in [5, 5.41) is 14.6. The molecule has 172 valence electrons. The molecular weight excluding hydrogens is 422 g/mol. The van der Waals surface area contributed by atoms with Crippen molar-refractivity contribution in [1.29, 1.82) is 0 Å². The molecule has 10 heteroatoms. The highest BCUT2D eigenvalue weighted by Crippen LogP contribution is 2.26. The van der Waals surface area contributed by atoms with Crippen molar-refractivity contribution in [3.63, 3.8) is 0 Å². The van der Waals surface area contributed by atoms with Crippen LogP contribution in [0.25, 0.3) is 0 Å². The van der Waals surface area contributed by atoms with E-state index in [4.69, 9.17) is 9.47 Å². The van der Waals surface area contributed by atoms with Gasteiger partial charge in [-0.25, -0.2) is 9.78 Å². The highest BCUT2D eigenvalue weighted by Gasteiger charge is 2.22. The average molecular weight is 450 g/mol. The Morgan fingerprint density at radius 1 is 0.909 bits per heavy atom. The molecule has 0 atom stereocenters. The van der Waals surface area contributed by atoms with Crippen LogP contribution in [-0.2, 0) is 0 Å². The van der Waals surface area contributed by atoms with Gasteiger partial charge in [-0.05, 0) is 30.7 Å². The van der Waals surface area contributed by atoms with Gasteiger partial charge in [0.1, 0.15) is 17.3 Å². The Hall–Kier alpha value is -4.08. The molecule has 0 aliphatic carbocycles. The third kappa shape index (κ3) is 5.59.